The van der Waals surface area contributed by atoms with E-state index >= 15 is 0 Å². The highest BCUT2D eigenvalue weighted by molar-refractivity contribution is 8.01. The number of carbonyl (C=O) groups is 1. The predicted octanol–water partition coefficient (Wildman–Crippen LogP) is 2.36. The molecule has 0 saturated carbocycles. The lowest BCUT2D eigenvalue weighted by molar-refractivity contribution is -0.124. The molecule has 2 unspecified atom stereocenters. The van der Waals surface area contributed by atoms with E-state index in [4.69, 9.17) is 0 Å². The van der Waals surface area contributed by atoms with E-state index < -0.39 is 5.60 Å². The van der Waals surface area contributed by atoms with Crippen LogP contribution in [0.2, 0.25) is 0 Å². The summed E-state index contributed by atoms with van der Waals surface area (Å²) in [5.74, 6) is 1.09. The zero-order valence-electron chi connectivity index (χ0n) is 10.7. The van der Waals surface area contributed by atoms with Crippen LogP contribution in [0.15, 0.2) is 16.8 Å². The first-order chi connectivity index (χ1) is 8.44. The standard InChI is InChI=1S/C13H19NO2S2/c1-12(16,10-4-7-17-8-10)9-14-11(15)13(2)5-3-6-18-13/h4,7-8,16H,3,5-6,9H2,1-2H3,(H,14,15). The van der Waals surface area contributed by atoms with E-state index in [0.29, 0.717) is 0 Å². The number of thiophene rings is 1. The van der Waals surface area contributed by atoms with Crippen molar-refractivity contribution in [3.05, 3.63) is 22.4 Å². The van der Waals surface area contributed by atoms with Gasteiger partial charge in [0, 0.05) is 0 Å². The lowest BCUT2D eigenvalue weighted by Gasteiger charge is -2.27. The third-order valence-corrected chi connectivity index (χ3v) is 5.64. The van der Waals surface area contributed by atoms with E-state index in [-0.39, 0.29) is 17.2 Å². The summed E-state index contributed by atoms with van der Waals surface area (Å²) in [4.78, 5) is 12.1. The quantitative estimate of drug-likeness (QED) is 0.893. The first kappa shape index (κ1) is 13.9. The molecule has 5 heteroatoms. The van der Waals surface area contributed by atoms with Crippen molar-refractivity contribution in [3.63, 3.8) is 0 Å². The van der Waals surface area contributed by atoms with Crippen molar-refractivity contribution >= 4 is 29.0 Å². The van der Waals surface area contributed by atoms with Crippen molar-refractivity contribution in [2.45, 2.75) is 37.0 Å². The topological polar surface area (TPSA) is 49.3 Å². The minimum absolute atomic E-state index is 0.0421. The van der Waals surface area contributed by atoms with Crippen molar-refractivity contribution in [3.8, 4) is 0 Å². The van der Waals surface area contributed by atoms with Crippen molar-refractivity contribution in [1.29, 1.82) is 0 Å². The SMILES string of the molecule is CC1(C(=O)NCC(C)(O)c2ccsc2)CCCS1. The van der Waals surface area contributed by atoms with Crippen LogP contribution in [0.25, 0.3) is 0 Å². The van der Waals surface area contributed by atoms with Crippen molar-refractivity contribution in [2.24, 2.45) is 0 Å². The third kappa shape index (κ3) is 2.90. The maximum Gasteiger partial charge on any atom is 0.236 e. The normalized spacial score (nSPS) is 26.8. The molecule has 0 radical (unpaired) electrons. The van der Waals surface area contributed by atoms with E-state index in [1.807, 2.05) is 23.8 Å². The Bertz CT molecular complexity index is 409. The van der Waals surface area contributed by atoms with Gasteiger partial charge in [-0.05, 0) is 54.8 Å². The number of rotatable bonds is 4. The molecular weight excluding hydrogens is 266 g/mol. The molecule has 3 nitrogen and oxygen atoms in total. The van der Waals surface area contributed by atoms with E-state index in [1.54, 1.807) is 30.0 Å². The summed E-state index contributed by atoms with van der Waals surface area (Å²) < 4.78 is -0.315. The first-order valence-electron chi connectivity index (χ1n) is 6.11. The largest absolute Gasteiger partial charge is 0.384 e. The number of thioether (sulfide) groups is 1. The van der Waals surface area contributed by atoms with E-state index in [2.05, 4.69) is 5.32 Å². The van der Waals surface area contributed by atoms with Gasteiger partial charge in [0.05, 0.1) is 11.3 Å². The summed E-state index contributed by atoms with van der Waals surface area (Å²) >= 11 is 3.26. The van der Waals surface area contributed by atoms with E-state index in [0.717, 1.165) is 24.2 Å². The van der Waals surface area contributed by atoms with Gasteiger partial charge in [0.2, 0.25) is 5.91 Å². The second kappa shape index (κ2) is 5.23. The maximum absolute atomic E-state index is 12.1. The fraction of sp³-hybridized carbons (Fsp3) is 0.615. The Balaban J connectivity index is 1.93. The van der Waals surface area contributed by atoms with Crippen LogP contribution in [-0.4, -0.2) is 28.1 Å². The molecule has 1 amide bonds. The molecule has 0 bridgehead atoms. The Morgan fingerprint density at radius 1 is 1.67 bits per heavy atom. The highest BCUT2D eigenvalue weighted by Crippen LogP contribution is 2.37. The molecule has 100 valence electrons. The van der Waals surface area contributed by atoms with Gasteiger partial charge in [0.15, 0.2) is 0 Å². The molecule has 18 heavy (non-hydrogen) atoms. The second-order valence-electron chi connectivity index (χ2n) is 5.15. The molecule has 0 aromatic carbocycles. The van der Waals surface area contributed by atoms with Gasteiger partial charge in [0.1, 0.15) is 5.60 Å². The number of amides is 1. The first-order valence-corrected chi connectivity index (χ1v) is 8.04. The Labute approximate surface area is 116 Å². The molecular formula is C13H19NO2S2. The molecule has 2 atom stereocenters. The maximum atomic E-state index is 12.1. The van der Waals surface area contributed by atoms with Gasteiger partial charge in [-0.25, -0.2) is 0 Å². The summed E-state index contributed by atoms with van der Waals surface area (Å²) in [6.07, 6.45) is 2.01. The van der Waals surface area contributed by atoms with Crippen LogP contribution in [0, 0.1) is 0 Å². The van der Waals surface area contributed by atoms with Gasteiger partial charge < -0.3 is 10.4 Å². The minimum Gasteiger partial charge on any atom is -0.384 e. The highest BCUT2D eigenvalue weighted by Gasteiger charge is 2.38. The molecule has 0 aliphatic carbocycles. The monoisotopic (exact) mass is 285 g/mol. The van der Waals surface area contributed by atoms with Crippen molar-refractivity contribution in [1.82, 2.24) is 5.32 Å². The summed E-state index contributed by atoms with van der Waals surface area (Å²) in [7, 11) is 0. The smallest absolute Gasteiger partial charge is 0.236 e. The van der Waals surface area contributed by atoms with Crippen LogP contribution >= 0.6 is 23.1 Å². The Morgan fingerprint density at radius 2 is 2.44 bits per heavy atom. The van der Waals surface area contributed by atoms with Crippen LogP contribution < -0.4 is 5.32 Å². The van der Waals surface area contributed by atoms with Crippen molar-refractivity contribution < 1.29 is 9.90 Å². The van der Waals surface area contributed by atoms with Crippen LogP contribution in [0.5, 0.6) is 0 Å². The molecule has 1 fully saturated rings. The predicted molar refractivity (Wildman–Crippen MR) is 77.0 cm³/mol. The molecule has 2 rings (SSSR count). The summed E-state index contributed by atoms with van der Waals surface area (Å²) in [5.41, 5.74) is -0.132. The van der Waals surface area contributed by atoms with Gasteiger partial charge in [-0.3, -0.25) is 4.79 Å². The number of aliphatic hydroxyl groups is 1. The number of hydrogen-bond acceptors (Lipinski definition) is 4. The molecule has 1 saturated heterocycles. The van der Waals surface area contributed by atoms with E-state index in [9.17, 15) is 9.90 Å². The van der Waals surface area contributed by atoms with Gasteiger partial charge in [-0.1, -0.05) is 0 Å². The van der Waals surface area contributed by atoms with Crippen LogP contribution in [-0.2, 0) is 10.4 Å². The number of hydrogen-bond donors (Lipinski definition) is 2. The highest BCUT2D eigenvalue weighted by atomic mass is 32.2. The zero-order chi connectivity index (χ0) is 13.2. The van der Waals surface area contributed by atoms with Gasteiger partial charge in [-0.2, -0.15) is 11.3 Å². The molecule has 1 aliphatic rings. The molecule has 1 aromatic rings. The zero-order valence-corrected chi connectivity index (χ0v) is 12.4. The van der Waals surface area contributed by atoms with E-state index in [1.165, 1.54) is 0 Å². The summed E-state index contributed by atoms with van der Waals surface area (Å²) in [6.45, 7) is 3.98. The summed E-state index contributed by atoms with van der Waals surface area (Å²) in [5, 5.41) is 17.1. The third-order valence-electron chi connectivity index (χ3n) is 3.44. The average molecular weight is 285 g/mol. The Hall–Kier alpha value is -0.520. The number of carbonyl (C=O) groups excluding carboxylic acids is 1. The van der Waals surface area contributed by atoms with Crippen molar-refractivity contribution in [2.75, 3.05) is 12.3 Å². The minimum atomic E-state index is -0.991. The summed E-state index contributed by atoms with van der Waals surface area (Å²) in [6, 6.07) is 1.89. The Kier molecular flexibility index (Phi) is 4.04. The van der Waals surface area contributed by atoms with Gasteiger partial charge >= 0.3 is 0 Å². The molecule has 0 spiro atoms. The fourth-order valence-electron chi connectivity index (χ4n) is 2.07. The second-order valence-corrected chi connectivity index (χ2v) is 7.53. The molecule has 1 aromatic heterocycles. The molecule has 2 N–H and O–H groups in total. The average Bonchev–Trinajstić information content (AvgIpc) is 2.97. The van der Waals surface area contributed by atoms with Crippen LogP contribution in [0.4, 0.5) is 0 Å². The van der Waals surface area contributed by atoms with Crippen LogP contribution in [0.3, 0.4) is 0 Å². The lowest BCUT2D eigenvalue weighted by atomic mass is 9.98. The Morgan fingerprint density at radius 3 is 3.00 bits per heavy atom. The molecule has 1 aliphatic heterocycles. The van der Waals surface area contributed by atoms with Gasteiger partial charge in [0.25, 0.3) is 0 Å². The van der Waals surface area contributed by atoms with Gasteiger partial charge in [-0.15, -0.1) is 11.8 Å². The fourth-order valence-corrected chi connectivity index (χ4v) is 4.08. The lowest BCUT2D eigenvalue weighted by Crippen LogP contribution is -2.46. The molecule has 2 heterocycles. The van der Waals surface area contributed by atoms with Crippen LogP contribution in [0.1, 0.15) is 32.3 Å². The number of nitrogens with one attached hydrogen (secondary N) is 1.